The Balaban J connectivity index is 2.06. The second-order valence-electron chi connectivity index (χ2n) is 5.05. The van der Waals surface area contributed by atoms with E-state index in [2.05, 4.69) is 5.32 Å². The van der Waals surface area contributed by atoms with Gasteiger partial charge in [0.2, 0.25) is 0 Å². The highest BCUT2D eigenvalue weighted by Gasteiger charge is 2.10. The van der Waals surface area contributed by atoms with Crippen LogP contribution in [0.5, 0.6) is 5.75 Å². The highest BCUT2D eigenvalue weighted by molar-refractivity contribution is 7.80. The molecule has 0 saturated heterocycles. The van der Waals surface area contributed by atoms with Gasteiger partial charge in [-0.2, -0.15) is 0 Å². The lowest BCUT2D eigenvalue weighted by Crippen LogP contribution is -2.25. The van der Waals surface area contributed by atoms with E-state index >= 15 is 0 Å². The molecule has 0 bridgehead atoms. The standard InChI is InChI=1S/C16H15N3O4S/c1-18(2)16(24)23-14-8-6-11(7-9-14)15(20)17-12-4-3-5-13(10-12)19(21)22/h3-10H,1-2H3,(H,17,20). The molecule has 0 fully saturated rings. The molecule has 0 aliphatic heterocycles. The second-order valence-corrected chi connectivity index (χ2v) is 5.40. The number of amides is 1. The Kier molecular flexibility index (Phi) is 5.43. The van der Waals surface area contributed by atoms with Crippen LogP contribution >= 0.6 is 12.2 Å². The predicted octanol–water partition coefficient (Wildman–Crippen LogP) is 3.07. The largest absolute Gasteiger partial charge is 0.432 e. The van der Waals surface area contributed by atoms with Gasteiger partial charge in [-0.25, -0.2) is 0 Å². The molecule has 0 aliphatic rings. The Morgan fingerprint density at radius 1 is 1.21 bits per heavy atom. The monoisotopic (exact) mass is 345 g/mol. The maximum Gasteiger partial charge on any atom is 0.271 e. The van der Waals surface area contributed by atoms with Gasteiger partial charge in [-0.15, -0.1) is 0 Å². The molecule has 7 nitrogen and oxygen atoms in total. The third kappa shape index (κ3) is 4.50. The van der Waals surface area contributed by atoms with Gasteiger partial charge in [0.25, 0.3) is 16.8 Å². The molecule has 24 heavy (non-hydrogen) atoms. The van der Waals surface area contributed by atoms with Crippen molar-refractivity contribution in [2.24, 2.45) is 0 Å². The first-order valence-corrected chi connectivity index (χ1v) is 7.32. The van der Waals surface area contributed by atoms with E-state index in [4.69, 9.17) is 17.0 Å². The van der Waals surface area contributed by atoms with Crippen molar-refractivity contribution in [3.05, 3.63) is 64.2 Å². The number of anilines is 1. The Labute approximate surface area is 144 Å². The molecule has 1 N–H and O–H groups in total. The minimum atomic E-state index is -0.518. The van der Waals surface area contributed by atoms with E-state index in [9.17, 15) is 14.9 Å². The number of hydrogen-bond donors (Lipinski definition) is 1. The average molecular weight is 345 g/mol. The number of hydrogen-bond acceptors (Lipinski definition) is 5. The van der Waals surface area contributed by atoms with E-state index in [0.29, 0.717) is 22.2 Å². The van der Waals surface area contributed by atoms with E-state index in [1.807, 2.05) is 0 Å². The lowest BCUT2D eigenvalue weighted by Gasteiger charge is -2.14. The molecule has 8 heteroatoms. The highest BCUT2D eigenvalue weighted by atomic mass is 32.1. The summed E-state index contributed by atoms with van der Waals surface area (Å²) in [5.74, 6) is 0.137. The Morgan fingerprint density at radius 3 is 2.46 bits per heavy atom. The van der Waals surface area contributed by atoms with Gasteiger partial charge in [-0.3, -0.25) is 14.9 Å². The summed E-state index contributed by atoms with van der Waals surface area (Å²) in [6.45, 7) is 0. The predicted molar refractivity (Wildman–Crippen MR) is 94.4 cm³/mol. The summed E-state index contributed by atoms with van der Waals surface area (Å²) in [6, 6.07) is 12.2. The molecule has 2 aromatic carbocycles. The van der Waals surface area contributed by atoms with Gasteiger partial charge in [0, 0.05) is 37.5 Å². The first kappa shape index (κ1) is 17.4. The molecule has 0 heterocycles. The smallest absolute Gasteiger partial charge is 0.271 e. The molecule has 0 spiro atoms. The summed E-state index contributed by atoms with van der Waals surface area (Å²) < 4.78 is 5.42. The number of rotatable bonds is 4. The lowest BCUT2D eigenvalue weighted by molar-refractivity contribution is -0.384. The van der Waals surface area contributed by atoms with Crippen molar-refractivity contribution in [3.63, 3.8) is 0 Å². The van der Waals surface area contributed by atoms with Crippen molar-refractivity contribution >= 4 is 34.7 Å². The number of carbonyl (C=O) groups is 1. The molecule has 1 amide bonds. The van der Waals surface area contributed by atoms with Crippen molar-refractivity contribution < 1.29 is 14.5 Å². The van der Waals surface area contributed by atoms with Crippen molar-refractivity contribution in [2.75, 3.05) is 19.4 Å². The van der Waals surface area contributed by atoms with Gasteiger partial charge in [0.15, 0.2) is 0 Å². The topological polar surface area (TPSA) is 84.7 Å². The van der Waals surface area contributed by atoms with Crippen LogP contribution in [0.4, 0.5) is 11.4 Å². The maximum absolute atomic E-state index is 12.2. The third-order valence-electron chi connectivity index (χ3n) is 3.00. The highest BCUT2D eigenvalue weighted by Crippen LogP contribution is 2.19. The van der Waals surface area contributed by atoms with Crippen molar-refractivity contribution in [1.82, 2.24) is 4.90 Å². The first-order chi connectivity index (χ1) is 11.4. The van der Waals surface area contributed by atoms with Crippen molar-refractivity contribution in [3.8, 4) is 5.75 Å². The molecule has 0 aromatic heterocycles. The zero-order valence-electron chi connectivity index (χ0n) is 13.1. The van der Waals surface area contributed by atoms with E-state index < -0.39 is 4.92 Å². The van der Waals surface area contributed by atoms with Crippen LogP contribution in [-0.2, 0) is 0 Å². The number of nitro groups is 1. The number of nitro benzene ring substituents is 1. The Morgan fingerprint density at radius 2 is 1.88 bits per heavy atom. The summed E-state index contributed by atoms with van der Waals surface area (Å²) >= 11 is 5.03. The van der Waals surface area contributed by atoms with Gasteiger partial charge in [0.1, 0.15) is 5.75 Å². The molecule has 124 valence electrons. The molecule has 0 unspecified atom stereocenters. The summed E-state index contributed by atoms with van der Waals surface area (Å²) in [5.41, 5.74) is 0.654. The molecule has 2 rings (SSSR count). The fraction of sp³-hybridized carbons (Fsp3) is 0.125. The van der Waals surface area contributed by atoms with Gasteiger partial charge in [-0.1, -0.05) is 6.07 Å². The zero-order chi connectivity index (χ0) is 17.7. The summed E-state index contributed by atoms with van der Waals surface area (Å²) in [6.07, 6.45) is 0. The summed E-state index contributed by atoms with van der Waals surface area (Å²) in [4.78, 5) is 24.1. The first-order valence-electron chi connectivity index (χ1n) is 6.92. The number of thiocarbonyl (C=S) groups is 1. The fourth-order valence-corrected chi connectivity index (χ4v) is 1.86. The zero-order valence-corrected chi connectivity index (χ0v) is 13.9. The molecule has 2 aromatic rings. The molecular formula is C16H15N3O4S. The van der Waals surface area contributed by atoms with E-state index in [-0.39, 0.29) is 11.6 Å². The molecule has 0 saturated carbocycles. The molecule has 0 aliphatic carbocycles. The summed E-state index contributed by atoms with van der Waals surface area (Å²) in [7, 11) is 3.53. The minimum Gasteiger partial charge on any atom is -0.432 e. The second kappa shape index (κ2) is 7.51. The number of non-ortho nitro benzene ring substituents is 1. The van der Waals surface area contributed by atoms with Gasteiger partial charge in [-0.05, 0) is 42.5 Å². The van der Waals surface area contributed by atoms with E-state index in [1.54, 1.807) is 49.3 Å². The number of nitrogens with one attached hydrogen (secondary N) is 1. The van der Waals surface area contributed by atoms with Crippen LogP contribution in [0.15, 0.2) is 48.5 Å². The third-order valence-corrected chi connectivity index (χ3v) is 3.45. The Bertz CT molecular complexity index is 775. The van der Waals surface area contributed by atoms with Crippen LogP contribution < -0.4 is 10.1 Å². The minimum absolute atomic E-state index is 0.0891. The van der Waals surface area contributed by atoms with Crippen molar-refractivity contribution in [2.45, 2.75) is 0 Å². The number of nitrogens with zero attached hydrogens (tertiary/aromatic N) is 2. The van der Waals surface area contributed by atoms with Crippen LogP contribution in [0.1, 0.15) is 10.4 Å². The Hall–Kier alpha value is -3.00. The quantitative estimate of drug-likeness (QED) is 0.521. The van der Waals surface area contributed by atoms with Gasteiger partial charge < -0.3 is 15.0 Å². The average Bonchev–Trinajstić information content (AvgIpc) is 2.55. The SMILES string of the molecule is CN(C)C(=S)Oc1ccc(C(=O)Nc2cccc([N+](=O)[O-])c2)cc1. The fourth-order valence-electron chi connectivity index (χ4n) is 1.77. The van der Waals surface area contributed by atoms with Gasteiger partial charge >= 0.3 is 0 Å². The maximum atomic E-state index is 12.2. The van der Waals surface area contributed by atoms with Crippen LogP contribution in [0, 0.1) is 10.1 Å². The van der Waals surface area contributed by atoms with E-state index in [1.165, 1.54) is 18.2 Å². The van der Waals surface area contributed by atoms with Crippen LogP contribution in [0.2, 0.25) is 0 Å². The van der Waals surface area contributed by atoms with E-state index in [0.717, 1.165) is 0 Å². The lowest BCUT2D eigenvalue weighted by atomic mass is 10.2. The summed E-state index contributed by atoms with van der Waals surface area (Å²) in [5, 5.41) is 13.7. The molecule has 0 atom stereocenters. The number of ether oxygens (including phenoxy) is 1. The van der Waals surface area contributed by atoms with Gasteiger partial charge in [0.05, 0.1) is 4.92 Å². The van der Waals surface area contributed by atoms with Crippen LogP contribution in [0.25, 0.3) is 0 Å². The van der Waals surface area contributed by atoms with Crippen molar-refractivity contribution in [1.29, 1.82) is 0 Å². The molecular weight excluding hydrogens is 330 g/mol. The number of benzene rings is 2. The van der Waals surface area contributed by atoms with Crippen LogP contribution in [0.3, 0.4) is 0 Å². The molecule has 0 radical (unpaired) electrons. The normalized spacial score (nSPS) is 9.92. The number of carbonyl (C=O) groups excluding carboxylic acids is 1. The van der Waals surface area contributed by atoms with Crippen LogP contribution in [-0.4, -0.2) is 35.0 Å².